The molecule has 1 heterocycles. The molecule has 1 aromatic carbocycles. The van der Waals surface area contributed by atoms with Gasteiger partial charge in [0, 0.05) is 5.69 Å². The van der Waals surface area contributed by atoms with Crippen molar-refractivity contribution in [2.45, 2.75) is 39.3 Å². The van der Waals surface area contributed by atoms with E-state index >= 15 is 0 Å². The number of aliphatic hydroxyl groups is 1. The molecule has 2 rings (SSSR count). The molecule has 2 atom stereocenters. The van der Waals surface area contributed by atoms with E-state index in [-0.39, 0.29) is 6.04 Å². The Kier molecular flexibility index (Phi) is 3.82. The molecule has 0 aliphatic heterocycles. The lowest BCUT2D eigenvalue weighted by molar-refractivity contribution is 0.109. The average Bonchev–Trinajstić information content (AvgIpc) is 2.73. The van der Waals surface area contributed by atoms with E-state index in [1.165, 1.54) is 0 Å². The molecule has 1 aromatic heterocycles. The number of hydrogen-bond donors (Lipinski definition) is 1. The highest BCUT2D eigenvalue weighted by Crippen LogP contribution is 2.30. The molecule has 96 valence electrons. The van der Waals surface area contributed by atoms with Crippen LogP contribution < -0.4 is 0 Å². The highest BCUT2D eigenvalue weighted by molar-refractivity contribution is 5.20. The van der Waals surface area contributed by atoms with E-state index in [0.29, 0.717) is 0 Å². The van der Waals surface area contributed by atoms with Crippen LogP contribution >= 0.6 is 0 Å². The van der Waals surface area contributed by atoms with E-state index in [4.69, 9.17) is 0 Å². The molecule has 0 bridgehead atoms. The molecule has 0 spiro atoms. The minimum absolute atomic E-state index is 0.0357. The first-order valence-electron chi connectivity index (χ1n) is 6.38. The van der Waals surface area contributed by atoms with Crippen LogP contribution in [0.5, 0.6) is 0 Å². The van der Waals surface area contributed by atoms with Gasteiger partial charge in [-0.05, 0) is 25.8 Å². The number of rotatable bonds is 4. The van der Waals surface area contributed by atoms with Gasteiger partial charge >= 0.3 is 0 Å². The third-order valence-corrected chi connectivity index (χ3v) is 3.57. The Balaban J connectivity index is 2.32. The molecular weight excluding hydrogens is 224 g/mol. The summed E-state index contributed by atoms with van der Waals surface area (Å²) in [4.78, 5) is 4.31. The van der Waals surface area contributed by atoms with Gasteiger partial charge in [-0.25, -0.2) is 4.98 Å². The summed E-state index contributed by atoms with van der Waals surface area (Å²) >= 11 is 0. The smallest absolute Gasteiger partial charge is 0.0997 e. The third-order valence-electron chi connectivity index (χ3n) is 3.57. The monoisotopic (exact) mass is 244 g/mol. The lowest BCUT2D eigenvalue weighted by atomic mass is 10.00. The molecule has 0 amide bonds. The fourth-order valence-electron chi connectivity index (χ4n) is 2.29. The van der Waals surface area contributed by atoms with Gasteiger partial charge in [0.2, 0.25) is 0 Å². The van der Waals surface area contributed by atoms with E-state index in [0.717, 1.165) is 23.4 Å². The maximum Gasteiger partial charge on any atom is 0.0997 e. The van der Waals surface area contributed by atoms with Crippen LogP contribution in [0.2, 0.25) is 0 Å². The molecule has 0 fully saturated rings. The van der Waals surface area contributed by atoms with Crippen molar-refractivity contribution >= 4 is 0 Å². The zero-order valence-electron chi connectivity index (χ0n) is 11.2. The normalized spacial score (nSPS) is 14.4. The van der Waals surface area contributed by atoms with Crippen LogP contribution in [0.15, 0.2) is 36.7 Å². The number of aryl methyl sites for hydroxylation is 1. The first-order valence-corrected chi connectivity index (χ1v) is 6.38. The molecule has 2 unspecified atom stereocenters. The van der Waals surface area contributed by atoms with Crippen LogP contribution in [-0.2, 0) is 0 Å². The average molecular weight is 244 g/mol. The van der Waals surface area contributed by atoms with Gasteiger partial charge in [0.25, 0.3) is 0 Å². The molecule has 0 aliphatic rings. The van der Waals surface area contributed by atoms with Gasteiger partial charge in [0.15, 0.2) is 0 Å². The van der Waals surface area contributed by atoms with Crippen LogP contribution in [-0.4, -0.2) is 14.7 Å². The summed E-state index contributed by atoms with van der Waals surface area (Å²) in [5.74, 6) is 0. The van der Waals surface area contributed by atoms with E-state index < -0.39 is 6.10 Å². The van der Waals surface area contributed by atoms with Gasteiger partial charge in [-0.3, -0.25) is 0 Å². The summed E-state index contributed by atoms with van der Waals surface area (Å²) in [5, 5.41) is 10.5. The molecule has 0 saturated heterocycles. The Bertz CT molecular complexity index is 504. The highest BCUT2D eigenvalue weighted by Gasteiger charge is 2.22. The summed E-state index contributed by atoms with van der Waals surface area (Å²) in [6.45, 7) is 6.13. The number of aliphatic hydroxyl groups excluding tert-OH is 1. The largest absolute Gasteiger partial charge is 0.386 e. The quantitative estimate of drug-likeness (QED) is 0.897. The lowest BCUT2D eigenvalue weighted by Gasteiger charge is -2.24. The molecule has 1 N–H and O–H groups in total. The third kappa shape index (κ3) is 2.31. The predicted octanol–water partition coefficient (Wildman–Crippen LogP) is 3.18. The minimum Gasteiger partial charge on any atom is -0.386 e. The van der Waals surface area contributed by atoms with Gasteiger partial charge in [-0.1, -0.05) is 37.3 Å². The minimum atomic E-state index is -0.497. The Morgan fingerprint density at radius 3 is 2.39 bits per heavy atom. The number of hydrogen-bond acceptors (Lipinski definition) is 2. The number of nitrogens with zero attached hydrogens (tertiary/aromatic N) is 2. The SMILES string of the molecule is CCC(C(O)c1ccccc1)n1cnc(C)c1C. The van der Waals surface area contributed by atoms with Crippen molar-refractivity contribution in [1.82, 2.24) is 9.55 Å². The second-order valence-corrected chi connectivity index (χ2v) is 4.65. The van der Waals surface area contributed by atoms with E-state index in [1.807, 2.05) is 50.5 Å². The summed E-state index contributed by atoms with van der Waals surface area (Å²) in [7, 11) is 0. The Hall–Kier alpha value is -1.61. The summed E-state index contributed by atoms with van der Waals surface area (Å²) in [6, 6.07) is 9.84. The van der Waals surface area contributed by atoms with Gasteiger partial charge in [0.05, 0.1) is 24.2 Å². The topological polar surface area (TPSA) is 38.0 Å². The fraction of sp³-hybridized carbons (Fsp3) is 0.400. The lowest BCUT2D eigenvalue weighted by Crippen LogP contribution is -2.17. The number of benzene rings is 1. The van der Waals surface area contributed by atoms with Gasteiger partial charge in [0.1, 0.15) is 0 Å². The Morgan fingerprint density at radius 1 is 1.22 bits per heavy atom. The van der Waals surface area contributed by atoms with Crippen LogP contribution in [0.4, 0.5) is 0 Å². The summed E-state index contributed by atoms with van der Waals surface area (Å²) in [6.07, 6.45) is 2.20. The Morgan fingerprint density at radius 2 is 1.89 bits per heavy atom. The Labute approximate surface area is 108 Å². The summed E-state index contributed by atoms with van der Waals surface area (Å²) in [5.41, 5.74) is 3.10. The highest BCUT2D eigenvalue weighted by atomic mass is 16.3. The van der Waals surface area contributed by atoms with Crippen molar-refractivity contribution in [2.75, 3.05) is 0 Å². The van der Waals surface area contributed by atoms with Crippen molar-refractivity contribution in [1.29, 1.82) is 0 Å². The molecule has 0 aliphatic carbocycles. The molecule has 3 nitrogen and oxygen atoms in total. The fourth-order valence-corrected chi connectivity index (χ4v) is 2.29. The van der Waals surface area contributed by atoms with Gasteiger partial charge in [-0.15, -0.1) is 0 Å². The van der Waals surface area contributed by atoms with Crippen molar-refractivity contribution in [3.05, 3.63) is 53.6 Å². The van der Waals surface area contributed by atoms with Gasteiger partial charge in [-0.2, -0.15) is 0 Å². The zero-order chi connectivity index (χ0) is 13.1. The molecule has 2 aromatic rings. The number of aromatic nitrogens is 2. The zero-order valence-corrected chi connectivity index (χ0v) is 11.2. The van der Waals surface area contributed by atoms with Crippen LogP contribution in [0, 0.1) is 13.8 Å². The van der Waals surface area contributed by atoms with Gasteiger partial charge < -0.3 is 9.67 Å². The first-order chi connectivity index (χ1) is 8.65. The van der Waals surface area contributed by atoms with E-state index in [1.54, 1.807) is 0 Å². The summed E-state index contributed by atoms with van der Waals surface area (Å²) < 4.78 is 2.08. The molecule has 0 saturated carbocycles. The second-order valence-electron chi connectivity index (χ2n) is 4.65. The maximum absolute atomic E-state index is 10.5. The van der Waals surface area contributed by atoms with Crippen LogP contribution in [0.3, 0.4) is 0 Å². The standard InChI is InChI=1S/C15H20N2O/c1-4-14(17-10-16-11(2)12(17)3)15(18)13-8-6-5-7-9-13/h5-10,14-15,18H,4H2,1-3H3. The molecular formula is C15H20N2O. The second kappa shape index (κ2) is 5.36. The number of imidazole rings is 1. The maximum atomic E-state index is 10.5. The molecule has 3 heteroatoms. The van der Waals surface area contributed by atoms with E-state index in [9.17, 15) is 5.11 Å². The van der Waals surface area contributed by atoms with E-state index in [2.05, 4.69) is 16.5 Å². The molecule has 0 radical (unpaired) electrons. The van der Waals surface area contributed by atoms with Crippen molar-refractivity contribution in [3.8, 4) is 0 Å². The predicted molar refractivity (Wildman–Crippen MR) is 72.4 cm³/mol. The van der Waals surface area contributed by atoms with Crippen LogP contribution in [0.25, 0.3) is 0 Å². The first kappa shape index (κ1) is 12.8. The van der Waals surface area contributed by atoms with Crippen LogP contribution in [0.1, 0.15) is 42.4 Å². The molecule has 18 heavy (non-hydrogen) atoms. The van der Waals surface area contributed by atoms with Crippen molar-refractivity contribution < 1.29 is 5.11 Å². The van der Waals surface area contributed by atoms with Crippen molar-refractivity contribution in [3.63, 3.8) is 0 Å². The van der Waals surface area contributed by atoms with Crippen molar-refractivity contribution in [2.24, 2.45) is 0 Å².